The Morgan fingerprint density at radius 3 is 1.83 bits per heavy atom. The summed E-state index contributed by atoms with van der Waals surface area (Å²) in [5.74, 6) is -0.253. The van der Waals surface area contributed by atoms with Gasteiger partial charge in [-0.25, -0.2) is 4.57 Å². The van der Waals surface area contributed by atoms with Crippen LogP contribution in [0.25, 0.3) is 0 Å². The smallest absolute Gasteiger partial charge is 0.387 e. The molecule has 0 spiro atoms. The molecule has 0 saturated carbocycles. The van der Waals surface area contributed by atoms with E-state index in [4.69, 9.17) is 9.05 Å². The van der Waals surface area contributed by atoms with Gasteiger partial charge in [0, 0.05) is 6.42 Å². The number of phosphoric acid groups is 1. The Hall–Kier alpha value is -2.32. The highest BCUT2D eigenvalue weighted by molar-refractivity contribution is 7.47. The Balaban J connectivity index is 4.69. The maximum absolute atomic E-state index is 12.7. The van der Waals surface area contributed by atoms with E-state index in [-0.39, 0.29) is 25.5 Å². The predicted octanol–water partition coefficient (Wildman–Crippen LogP) is 9.07. The van der Waals surface area contributed by atoms with Crippen LogP contribution < -0.4 is 5.32 Å². The maximum Gasteiger partial charge on any atom is 0.472 e. The average Bonchev–Trinajstić information content (AvgIpc) is 3.02. The van der Waals surface area contributed by atoms with Crippen molar-refractivity contribution in [3.63, 3.8) is 0 Å². The number of nitrogens with zero attached hydrogens (tertiary/aromatic N) is 1. The molecule has 0 aromatic carbocycles. The molecular weight excluding hydrogens is 623 g/mol. The number of amides is 1. The fraction of sp³-hybridized carbons (Fsp3) is 0.615. The molecule has 0 fully saturated rings. The summed E-state index contributed by atoms with van der Waals surface area (Å²) in [6.45, 7) is 4.52. The van der Waals surface area contributed by atoms with Crippen molar-refractivity contribution in [3.8, 4) is 0 Å². The molecule has 0 radical (unpaired) electrons. The second-order valence-corrected chi connectivity index (χ2v) is 14.3. The Labute approximate surface area is 293 Å². The number of allylic oxidation sites excluding steroid dienone is 13. The van der Waals surface area contributed by atoms with Crippen LogP contribution in [0.3, 0.4) is 0 Å². The number of hydrogen-bond donors (Lipinski definition) is 3. The Kier molecular flexibility index (Phi) is 29.2. The second-order valence-electron chi connectivity index (χ2n) is 12.8. The van der Waals surface area contributed by atoms with E-state index in [1.54, 1.807) is 6.08 Å². The highest BCUT2D eigenvalue weighted by atomic mass is 31.2. The van der Waals surface area contributed by atoms with Gasteiger partial charge >= 0.3 is 7.82 Å². The van der Waals surface area contributed by atoms with Crippen molar-refractivity contribution >= 4 is 13.7 Å². The lowest BCUT2D eigenvalue weighted by Crippen LogP contribution is -2.45. The zero-order valence-electron chi connectivity index (χ0n) is 30.7. The number of rotatable bonds is 30. The van der Waals surface area contributed by atoms with Gasteiger partial charge in [-0.2, -0.15) is 0 Å². The molecule has 1 amide bonds. The topological polar surface area (TPSA) is 105 Å². The molecule has 8 nitrogen and oxygen atoms in total. The average molecular weight is 692 g/mol. The summed E-state index contributed by atoms with van der Waals surface area (Å²) in [4.78, 5) is 22.9. The zero-order chi connectivity index (χ0) is 35.8. The van der Waals surface area contributed by atoms with Crippen molar-refractivity contribution in [2.75, 3.05) is 40.9 Å². The summed E-state index contributed by atoms with van der Waals surface area (Å²) in [6, 6.07) is -0.894. The van der Waals surface area contributed by atoms with Gasteiger partial charge in [0.15, 0.2) is 0 Å². The number of quaternary nitrogens is 1. The van der Waals surface area contributed by atoms with Crippen LogP contribution in [0.15, 0.2) is 85.1 Å². The molecule has 0 aliphatic heterocycles. The van der Waals surface area contributed by atoms with Crippen molar-refractivity contribution < 1.29 is 32.9 Å². The Morgan fingerprint density at radius 2 is 1.25 bits per heavy atom. The van der Waals surface area contributed by atoms with E-state index in [0.29, 0.717) is 17.4 Å². The van der Waals surface area contributed by atoms with Crippen LogP contribution >= 0.6 is 7.82 Å². The molecule has 0 aliphatic rings. The van der Waals surface area contributed by atoms with E-state index in [1.165, 1.54) is 19.3 Å². The number of carbonyl (C=O) groups is 1. The van der Waals surface area contributed by atoms with Gasteiger partial charge in [-0.05, 0) is 70.6 Å². The van der Waals surface area contributed by atoms with Gasteiger partial charge in [-0.15, -0.1) is 0 Å². The standard InChI is InChI=1S/C39H67N2O6P/c1-6-8-10-12-14-16-17-18-19-20-21-22-23-25-27-29-31-33-39(43)40-37(36-47-48(44,45)46-35-34-41(3,4)5)38(42)32-30-28-26-24-15-13-11-9-7-2/h8,10,14-16,18-19,21-22,24-25,27,30,32,37-38,42H,6-7,9,11-13,17,20,23,26,28-29,31,33-36H2,1-5H3,(H-,40,43,44,45)/p+1/b10-8-,16-14-,19-18-,22-21-,24-15+,27-25-,32-30+. The van der Waals surface area contributed by atoms with Gasteiger partial charge in [-0.3, -0.25) is 13.8 Å². The molecule has 0 bridgehead atoms. The first-order chi connectivity index (χ1) is 23.0. The van der Waals surface area contributed by atoms with Crippen LogP contribution in [0.1, 0.15) is 104 Å². The Bertz CT molecular complexity index is 1060. The molecule has 0 aromatic heterocycles. The molecule has 0 rings (SSSR count). The number of aliphatic hydroxyl groups excluding tert-OH is 1. The molecule has 3 atom stereocenters. The van der Waals surface area contributed by atoms with E-state index in [2.05, 4.69) is 92.1 Å². The summed E-state index contributed by atoms with van der Waals surface area (Å²) in [5.41, 5.74) is 0. The monoisotopic (exact) mass is 691 g/mol. The molecule has 0 aliphatic carbocycles. The number of hydrogen-bond acceptors (Lipinski definition) is 5. The summed E-state index contributed by atoms with van der Waals surface area (Å²) in [6.07, 6.45) is 41.0. The van der Waals surface area contributed by atoms with Gasteiger partial charge in [-0.1, -0.05) is 112 Å². The largest absolute Gasteiger partial charge is 0.472 e. The zero-order valence-corrected chi connectivity index (χ0v) is 31.6. The quantitative estimate of drug-likeness (QED) is 0.0301. The van der Waals surface area contributed by atoms with Gasteiger partial charge in [0.2, 0.25) is 5.91 Å². The van der Waals surface area contributed by atoms with E-state index < -0.39 is 20.0 Å². The minimum atomic E-state index is -4.35. The van der Waals surface area contributed by atoms with Crippen LogP contribution in [0.2, 0.25) is 0 Å². The van der Waals surface area contributed by atoms with Crippen molar-refractivity contribution in [1.29, 1.82) is 0 Å². The fourth-order valence-electron chi connectivity index (χ4n) is 4.21. The first-order valence-electron chi connectivity index (χ1n) is 18.0. The summed E-state index contributed by atoms with van der Waals surface area (Å²) >= 11 is 0. The third-order valence-corrected chi connectivity index (χ3v) is 8.08. The van der Waals surface area contributed by atoms with Crippen LogP contribution in [-0.2, 0) is 18.4 Å². The maximum atomic E-state index is 12.7. The van der Waals surface area contributed by atoms with Gasteiger partial charge in [0.05, 0.1) is 39.9 Å². The summed E-state index contributed by atoms with van der Waals surface area (Å²) in [5, 5.41) is 13.6. The molecule has 3 unspecified atom stereocenters. The lowest BCUT2D eigenvalue weighted by Gasteiger charge is -2.25. The number of unbranched alkanes of at least 4 members (excludes halogenated alkanes) is 5. The van der Waals surface area contributed by atoms with Crippen molar-refractivity contribution in [3.05, 3.63) is 85.1 Å². The van der Waals surface area contributed by atoms with Gasteiger partial charge in [0.1, 0.15) is 13.2 Å². The normalized spacial score (nSPS) is 15.7. The highest BCUT2D eigenvalue weighted by Crippen LogP contribution is 2.43. The number of phosphoric ester groups is 1. The fourth-order valence-corrected chi connectivity index (χ4v) is 4.94. The summed E-state index contributed by atoms with van der Waals surface area (Å²) < 4.78 is 23.3. The van der Waals surface area contributed by atoms with E-state index in [9.17, 15) is 19.4 Å². The highest BCUT2D eigenvalue weighted by Gasteiger charge is 2.27. The van der Waals surface area contributed by atoms with Crippen molar-refractivity contribution in [2.24, 2.45) is 0 Å². The molecule has 0 aromatic rings. The first kappa shape index (κ1) is 45.7. The van der Waals surface area contributed by atoms with Crippen LogP contribution in [0, 0.1) is 0 Å². The third kappa shape index (κ3) is 32.2. The van der Waals surface area contributed by atoms with E-state index in [0.717, 1.165) is 57.8 Å². The Morgan fingerprint density at radius 1 is 0.729 bits per heavy atom. The van der Waals surface area contributed by atoms with Crippen LogP contribution in [0.4, 0.5) is 0 Å². The van der Waals surface area contributed by atoms with Crippen LogP contribution in [-0.4, -0.2) is 73.4 Å². The van der Waals surface area contributed by atoms with Crippen LogP contribution in [0.5, 0.6) is 0 Å². The van der Waals surface area contributed by atoms with Gasteiger partial charge < -0.3 is 19.8 Å². The second kappa shape index (κ2) is 30.7. The molecular formula is C39H68N2O6P+. The molecule has 9 heteroatoms. The molecule has 3 N–H and O–H groups in total. The van der Waals surface area contributed by atoms with Crippen molar-refractivity contribution in [1.82, 2.24) is 5.32 Å². The van der Waals surface area contributed by atoms with Crippen molar-refractivity contribution in [2.45, 2.75) is 116 Å². The SMILES string of the molecule is CC/C=C\C/C=C\C/C=C\C/C=C\C/C=C\CCCC(=O)NC(COP(=O)(O)OCC[N+](C)(C)C)C(O)/C=C/CC/C=C/CCCCC. The van der Waals surface area contributed by atoms with E-state index >= 15 is 0 Å². The third-order valence-electron chi connectivity index (χ3n) is 7.10. The van der Waals surface area contributed by atoms with E-state index in [1.807, 2.05) is 27.2 Å². The number of likely N-dealkylation sites (N-methyl/N-ethyl adjacent to an activating group) is 1. The minimum absolute atomic E-state index is 0.0402. The lowest BCUT2D eigenvalue weighted by molar-refractivity contribution is -0.870. The van der Waals surface area contributed by atoms with Gasteiger partial charge in [0.25, 0.3) is 0 Å². The first-order valence-corrected chi connectivity index (χ1v) is 19.5. The number of carbonyl (C=O) groups excluding carboxylic acids is 1. The lowest BCUT2D eigenvalue weighted by atomic mass is 10.1. The molecule has 48 heavy (non-hydrogen) atoms. The summed E-state index contributed by atoms with van der Waals surface area (Å²) in [7, 11) is 1.49. The predicted molar refractivity (Wildman–Crippen MR) is 203 cm³/mol. The number of aliphatic hydroxyl groups is 1. The minimum Gasteiger partial charge on any atom is -0.387 e. The molecule has 0 saturated heterocycles. The number of nitrogens with one attached hydrogen (secondary N) is 1. The molecule has 274 valence electrons. The molecule has 0 heterocycles.